The van der Waals surface area contributed by atoms with Crippen LogP contribution in [0.4, 0.5) is 5.82 Å². The van der Waals surface area contributed by atoms with E-state index < -0.39 is 5.97 Å². The summed E-state index contributed by atoms with van der Waals surface area (Å²) in [6, 6.07) is 15.1. The molecule has 1 aliphatic rings. The van der Waals surface area contributed by atoms with Crippen LogP contribution in [0.15, 0.2) is 65.7 Å². The van der Waals surface area contributed by atoms with Gasteiger partial charge in [-0.3, -0.25) is 14.5 Å². The number of anilines is 1. The number of hydrogen-bond acceptors (Lipinski definition) is 5. The van der Waals surface area contributed by atoms with Crippen LogP contribution < -0.4 is 10.3 Å². The van der Waals surface area contributed by atoms with Gasteiger partial charge >= 0.3 is 5.97 Å². The number of rotatable bonds is 6. The Kier molecular flexibility index (Phi) is 6.38. The Hall–Kier alpha value is -4.26. The van der Waals surface area contributed by atoms with Gasteiger partial charge in [0.05, 0.1) is 12.1 Å². The Morgan fingerprint density at radius 2 is 1.84 bits per heavy atom. The van der Waals surface area contributed by atoms with Crippen molar-refractivity contribution in [1.29, 1.82) is 0 Å². The van der Waals surface area contributed by atoms with Crippen molar-refractivity contribution >= 4 is 28.6 Å². The zero-order chi connectivity index (χ0) is 26.3. The van der Waals surface area contributed by atoms with Crippen molar-refractivity contribution in [3.8, 4) is 11.1 Å². The third-order valence-corrected chi connectivity index (χ3v) is 6.89. The molecule has 7 heteroatoms. The predicted molar refractivity (Wildman–Crippen MR) is 144 cm³/mol. The van der Waals surface area contributed by atoms with Crippen LogP contribution in [0.25, 0.3) is 22.0 Å². The maximum absolute atomic E-state index is 13.2. The molecule has 0 bridgehead atoms. The molecule has 1 fully saturated rings. The minimum Gasteiger partial charge on any atom is -0.462 e. The fourth-order valence-electron chi connectivity index (χ4n) is 4.87. The van der Waals surface area contributed by atoms with Crippen LogP contribution >= 0.6 is 0 Å². The monoisotopic (exact) mass is 495 g/mol. The lowest BCUT2D eigenvalue weighted by molar-refractivity contribution is 0.0524. The molecule has 2 heterocycles. The normalized spacial score (nSPS) is 13.0. The average Bonchev–Trinajstić information content (AvgIpc) is 3.74. The molecule has 0 unspecified atom stereocenters. The number of nitrogens with zero attached hydrogens (tertiary/aromatic N) is 3. The molecule has 7 nitrogen and oxygen atoms in total. The van der Waals surface area contributed by atoms with Crippen LogP contribution in [0.2, 0.25) is 0 Å². The van der Waals surface area contributed by atoms with Gasteiger partial charge in [0.1, 0.15) is 11.4 Å². The van der Waals surface area contributed by atoms with Crippen molar-refractivity contribution in [2.45, 2.75) is 39.7 Å². The van der Waals surface area contributed by atoms with Gasteiger partial charge in [0.25, 0.3) is 5.91 Å². The first kappa shape index (κ1) is 24.4. The predicted octanol–water partition coefficient (Wildman–Crippen LogP) is 5.47. The van der Waals surface area contributed by atoms with Gasteiger partial charge in [-0.1, -0.05) is 24.3 Å². The van der Waals surface area contributed by atoms with Crippen LogP contribution in [-0.2, 0) is 4.74 Å². The molecule has 0 radical (unpaired) electrons. The molecular formula is C30H29N3O4. The van der Waals surface area contributed by atoms with Gasteiger partial charge in [0.2, 0.25) is 5.43 Å². The quantitative estimate of drug-likeness (QED) is 0.332. The van der Waals surface area contributed by atoms with E-state index in [1.807, 2.05) is 44.2 Å². The summed E-state index contributed by atoms with van der Waals surface area (Å²) in [6.45, 7) is 5.87. The number of carbonyl (C=O) groups is 2. The number of aryl methyl sites for hydroxylation is 2. The number of fused-ring (bicyclic) bond motifs is 1. The largest absolute Gasteiger partial charge is 0.462 e. The Balaban J connectivity index is 1.57. The number of esters is 1. The molecular weight excluding hydrogens is 466 g/mol. The zero-order valence-electron chi connectivity index (χ0n) is 21.4. The lowest BCUT2D eigenvalue weighted by Crippen LogP contribution is -2.27. The Bertz CT molecular complexity index is 1590. The van der Waals surface area contributed by atoms with Crippen LogP contribution in [0, 0.1) is 13.8 Å². The van der Waals surface area contributed by atoms with Crippen LogP contribution in [0.3, 0.4) is 0 Å². The van der Waals surface area contributed by atoms with E-state index in [1.165, 1.54) is 0 Å². The molecule has 37 heavy (non-hydrogen) atoms. The molecule has 1 aliphatic carbocycles. The number of carbonyl (C=O) groups excluding carboxylic acids is 2. The lowest BCUT2D eigenvalue weighted by Gasteiger charge is -2.20. The summed E-state index contributed by atoms with van der Waals surface area (Å²) in [5.41, 5.74) is 4.83. The molecule has 5 rings (SSSR count). The molecule has 0 saturated heterocycles. The van der Waals surface area contributed by atoms with Crippen molar-refractivity contribution in [3.05, 3.63) is 93.4 Å². The van der Waals surface area contributed by atoms with E-state index in [1.54, 1.807) is 49.5 Å². The van der Waals surface area contributed by atoms with Crippen LogP contribution in [0.5, 0.6) is 0 Å². The van der Waals surface area contributed by atoms with E-state index in [2.05, 4.69) is 9.55 Å². The maximum Gasteiger partial charge on any atom is 0.343 e. The molecule has 0 spiro atoms. The molecule has 0 aliphatic heterocycles. The third kappa shape index (κ3) is 4.42. The van der Waals surface area contributed by atoms with E-state index in [9.17, 15) is 14.4 Å². The highest BCUT2D eigenvalue weighted by molar-refractivity contribution is 6.05. The highest BCUT2D eigenvalue weighted by Crippen LogP contribution is 2.39. The van der Waals surface area contributed by atoms with Crippen molar-refractivity contribution in [3.63, 3.8) is 0 Å². The summed E-state index contributed by atoms with van der Waals surface area (Å²) in [7, 11) is 1.72. The number of benzene rings is 2. The van der Waals surface area contributed by atoms with Gasteiger partial charge in [0.15, 0.2) is 0 Å². The summed E-state index contributed by atoms with van der Waals surface area (Å²) in [6.07, 6.45) is 5.42. The molecule has 188 valence electrons. The highest BCUT2D eigenvalue weighted by atomic mass is 16.5. The van der Waals surface area contributed by atoms with Gasteiger partial charge in [-0.2, -0.15) is 0 Å². The topological polar surface area (TPSA) is 81.5 Å². The van der Waals surface area contributed by atoms with Crippen LogP contribution in [-0.4, -0.2) is 35.1 Å². The first-order valence-electron chi connectivity index (χ1n) is 12.5. The number of hydrogen-bond donors (Lipinski definition) is 0. The van der Waals surface area contributed by atoms with Crippen LogP contribution in [0.1, 0.15) is 57.7 Å². The minimum absolute atomic E-state index is 0.0707. The summed E-state index contributed by atoms with van der Waals surface area (Å²) in [4.78, 5) is 44.8. The first-order chi connectivity index (χ1) is 17.8. The summed E-state index contributed by atoms with van der Waals surface area (Å²) < 4.78 is 7.19. The number of amides is 1. The fourth-order valence-corrected chi connectivity index (χ4v) is 4.87. The van der Waals surface area contributed by atoms with E-state index in [0.717, 1.165) is 40.6 Å². The Morgan fingerprint density at radius 3 is 2.49 bits per heavy atom. The Morgan fingerprint density at radius 1 is 1.11 bits per heavy atom. The maximum atomic E-state index is 13.2. The molecule has 2 aromatic heterocycles. The van der Waals surface area contributed by atoms with E-state index in [-0.39, 0.29) is 29.5 Å². The standard InChI is InChI=1S/C30H29N3O4/c1-5-37-30(36)25-17-33(22-11-12-22)26-19(3)23(13-14-24(26)27(25)34)21-15-18(2)28(31-16-21)32(4)29(35)20-9-7-6-8-10-20/h6-10,13-17,22H,5,11-12H2,1-4H3. The van der Waals surface area contributed by atoms with E-state index in [0.29, 0.717) is 16.8 Å². The van der Waals surface area contributed by atoms with Crippen molar-refractivity contribution in [2.75, 3.05) is 18.6 Å². The minimum atomic E-state index is -0.588. The number of pyridine rings is 2. The summed E-state index contributed by atoms with van der Waals surface area (Å²) >= 11 is 0. The SMILES string of the molecule is CCOC(=O)c1cn(C2CC2)c2c(C)c(-c3cnc(N(C)C(=O)c4ccccc4)c(C)c3)ccc2c1=O. The first-order valence-corrected chi connectivity index (χ1v) is 12.5. The van der Waals surface area contributed by atoms with Crippen molar-refractivity contribution < 1.29 is 14.3 Å². The summed E-state index contributed by atoms with van der Waals surface area (Å²) in [5, 5.41) is 0.508. The van der Waals surface area contributed by atoms with Gasteiger partial charge in [-0.25, -0.2) is 9.78 Å². The second kappa shape index (κ2) is 9.65. The molecule has 1 amide bonds. The average molecular weight is 496 g/mol. The van der Waals surface area contributed by atoms with Gasteiger partial charge in [0, 0.05) is 42.0 Å². The zero-order valence-corrected chi connectivity index (χ0v) is 21.4. The summed E-state index contributed by atoms with van der Waals surface area (Å²) in [5.74, 6) is -0.128. The van der Waals surface area contributed by atoms with Gasteiger partial charge in [-0.05, 0) is 74.6 Å². The fraction of sp³-hybridized carbons (Fsp3) is 0.267. The smallest absolute Gasteiger partial charge is 0.343 e. The second-order valence-corrected chi connectivity index (χ2v) is 9.46. The van der Waals surface area contributed by atoms with Gasteiger partial charge in [-0.15, -0.1) is 0 Å². The molecule has 4 aromatic rings. The number of aromatic nitrogens is 2. The van der Waals surface area contributed by atoms with E-state index >= 15 is 0 Å². The molecule has 0 atom stereocenters. The van der Waals surface area contributed by atoms with E-state index in [4.69, 9.17) is 4.74 Å². The molecule has 2 aromatic carbocycles. The van der Waals surface area contributed by atoms with Crippen molar-refractivity contribution in [2.24, 2.45) is 0 Å². The van der Waals surface area contributed by atoms with Gasteiger partial charge < -0.3 is 9.30 Å². The number of ether oxygens (including phenoxy) is 1. The molecule has 1 saturated carbocycles. The highest BCUT2D eigenvalue weighted by Gasteiger charge is 2.28. The molecule has 0 N–H and O–H groups in total. The third-order valence-electron chi connectivity index (χ3n) is 6.89. The lowest BCUT2D eigenvalue weighted by atomic mass is 9.96. The van der Waals surface area contributed by atoms with Crippen molar-refractivity contribution in [1.82, 2.24) is 9.55 Å². The Labute approximate surface area is 215 Å². The second-order valence-electron chi connectivity index (χ2n) is 9.46.